The van der Waals surface area contributed by atoms with Gasteiger partial charge in [0.15, 0.2) is 0 Å². The Kier molecular flexibility index (Phi) is 3.07. The number of hydrogen-bond acceptors (Lipinski definition) is 3. The molecular formula is C10H10BrN3O2S. The minimum atomic E-state index is -3.72. The number of nitrogens with two attached hydrogens (primary N) is 1. The Labute approximate surface area is 107 Å². The molecule has 0 saturated carbocycles. The van der Waals surface area contributed by atoms with Crippen LogP contribution in [0.2, 0.25) is 0 Å². The quantitative estimate of drug-likeness (QED) is 0.914. The molecule has 5 nitrogen and oxygen atoms in total. The van der Waals surface area contributed by atoms with Gasteiger partial charge in [-0.1, -0.05) is 15.9 Å². The number of halogens is 1. The van der Waals surface area contributed by atoms with Crippen LogP contribution < -0.4 is 5.14 Å². The lowest BCUT2D eigenvalue weighted by atomic mass is 10.3. The van der Waals surface area contributed by atoms with Crippen molar-refractivity contribution in [2.45, 2.75) is 11.8 Å². The van der Waals surface area contributed by atoms with Crippen molar-refractivity contribution < 1.29 is 8.42 Å². The number of hydrogen-bond donors (Lipinski definition) is 1. The lowest BCUT2D eigenvalue weighted by Crippen LogP contribution is -2.13. The maximum atomic E-state index is 11.3. The van der Waals surface area contributed by atoms with Gasteiger partial charge in [0.1, 0.15) is 4.90 Å². The van der Waals surface area contributed by atoms with E-state index in [9.17, 15) is 8.42 Å². The molecule has 1 aromatic carbocycles. The van der Waals surface area contributed by atoms with Gasteiger partial charge in [0.2, 0.25) is 10.0 Å². The third-order valence-corrected chi connectivity index (χ3v) is 3.89. The van der Waals surface area contributed by atoms with Crippen molar-refractivity contribution in [1.29, 1.82) is 0 Å². The fourth-order valence-electron chi connectivity index (χ4n) is 1.52. The van der Waals surface area contributed by atoms with Gasteiger partial charge < -0.3 is 0 Å². The lowest BCUT2D eigenvalue weighted by Gasteiger charge is -2.04. The van der Waals surface area contributed by atoms with E-state index in [0.29, 0.717) is 5.69 Å². The summed E-state index contributed by atoms with van der Waals surface area (Å²) in [5.41, 5.74) is 1.27. The third kappa shape index (κ3) is 2.41. The zero-order valence-electron chi connectivity index (χ0n) is 8.96. The molecule has 0 aliphatic rings. The molecule has 0 atom stereocenters. The van der Waals surface area contributed by atoms with Gasteiger partial charge in [0.25, 0.3) is 0 Å². The van der Waals surface area contributed by atoms with Crippen LogP contribution in [0.3, 0.4) is 0 Å². The normalized spacial score (nSPS) is 11.7. The van der Waals surface area contributed by atoms with Crippen LogP contribution in [0, 0.1) is 6.92 Å². The van der Waals surface area contributed by atoms with E-state index in [1.807, 2.05) is 24.3 Å². The zero-order valence-corrected chi connectivity index (χ0v) is 11.4. The molecule has 2 rings (SSSR count). The van der Waals surface area contributed by atoms with Crippen LogP contribution in [-0.4, -0.2) is 18.2 Å². The van der Waals surface area contributed by atoms with Crippen molar-refractivity contribution in [3.63, 3.8) is 0 Å². The summed E-state index contributed by atoms with van der Waals surface area (Å²) in [5.74, 6) is 0. The summed E-state index contributed by atoms with van der Waals surface area (Å²) in [6, 6.07) is 7.37. The summed E-state index contributed by atoms with van der Waals surface area (Å²) in [4.78, 5) is 0.0421. The fourth-order valence-corrected chi connectivity index (χ4v) is 2.47. The van der Waals surface area contributed by atoms with Gasteiger partial charge in [0.05, 0.1) is 17.6 Å². The first kappa shape index (κ1) is 12.3. The van der Waals surface area contributed by atoms with Crippen LogP contribution in [0.1, 0.15) is 5.69 Å². The topological polar surface area (TPSA) is 78.0 Å². The van der Waals surface area contributed by atoms with E-state index in [-0.39, 0.29) is 4.90 Å². The molecular weight excluding hydrogens is 306 g/mol. The summed E-state index contributed by atoms with van der Waals surface area (Å²) in [7, 11) is -3.72. The molecule has 0 saturated heterocycles. The first-order chi connectivity index (χ1) is 7.89. The molecule has 17 heavy (non-hydrogen) atoms. The number of aromatic nitrogens is 2. The van der Waals surface area contributed by atoms with E-state index in [2.05, 4.69) is 21.0 Å². The Morgan fingerprint density at radius 2 is 1.88 bits per heavy atom. The predicted octanol–water partition coefficient (Wildman–Crippen LogP) is 1.59. The van der Waals surface area contributed by atoms with Crippen molar-refractivity contribution in [3.8, 4) is 5.69 Å². The Morgan fingerprint density at radius 3 is 2.35 bits per heavy atom. The molecule has 0 unspecified atom stereocenters. The van der Waals surface area contributed by atoms with Crippen LogP contribution in [-0.2, 0) is 10.0 Å². The second kappa shape index (κ2) is 4.25. The van der Waals surface area contributed by atoms with Crippen LogP contribution in [0.4, 0.5) is 0 Å². The predicted molar refractivity (Wildman–Crippen MR) is 67.4 cm³/mol. The number of rotatable bonds is 2. The van der Waals surface area contributed by atoms with E-state index in [1.54, 1.807) is 6.92 Å². The molecule has 7 heteroatoms. The first-order valence-electron chi connectivity index (χ1n) is 4.73. The Balaban J connectivity index is 2.55. The number of primary sulfonamides is 1. The molecule has 2 N–H and O–H groups in total. The maximum absolute atomic E-state index is 11.3. The van der Waals surface area contributed by atoms with E-state index in [0.717, 1.165) is 10.2 Å². The third-order valence-electron chi connectivity index (χ3n) is 2.34. The lowest BCUT2D eigenvalue weighted by molar-refractivity contribution is 0.597. The second-order valence-electron chi connectivity index (χ2n) is 3.53. The molecule has 1 heterocycles. The van der Waals surface area contributed by atoms with E-state index in [4.69, 9.17) is 5.14 Å². The average Bonchev–Trinajstić information content (AvgIpc) is 2.61. The molecule has 0 radical (unpaired) electrons. The highest BCUT2D eigenvalue weighted by atomic mass is 79.9. The Bertz CT molecular complexity index is 647. The smallest absolute Gasteiger partial charge is 0.237 e. The van der Waals surface area contributed by atoms with Crippen molar-refractivity contribution in [3.05, 3.63) is 40.6 Å². The number of benzene rings is 1. The Morgan fingerprint density at radius 1 is 1.29 bits per heavy atom. The zero-order chi connectivity index (χ0) is 12.6. The SMILES string of the molecule is Cc1c(S(N)(=O)=O)cnn1-c1ccc(Br)cc1. The summed E-state index contributed by atoms with van der Waals surface area (Å²) in [6.45, 7) is 1.66. The molecule has 0 aliphatic carbocycles. The van der Waals surface area contributed by atoms with Gasteiger partial charge in [-0.25, -0.2) is 18.2 Å². The van der Waals surface area contributed by atoms with Gasteiger partial charge in [-0.05, 0) is 31.2 Å². The van der Waals surface area contributed by atoms with Crippen LogP contribution in [0.15, 0.2) is 39.8 Å². The highest BCUT2D eigenvalue weighted by Gasteiger charge is 2.16. The minimum absolute atomic E-state index is 0.0421. The highest BCUT2D eigenvalue weighted by Crippen LogP contribution is 2.19. The van der Waals surface area contributed by atoms with E-state index < -0.39 is 10.0 Å². The first-order valence-corrected chi connectivity index (χ1v) is 7.07. The van der Waals surface area contributed by atoms with Crippen molar-refractivity contribution in [2.75, 3.05) is 0 Å². The summed E-state index contributed by atoms with van der Waals surface area (Å²) in [5, 5.41) is 9.11. The molecule has 0 fully saturated rings. The van der Waals surface area contributed by atoms with Crippen molar-refractivity contribution in [2.24, 2.45) is 5.14 Å². The van der Waals surface area contributed by atoms with Gasteiger partial charge >= 0.3 is 0 Å². The molecule has 0 spiro atoms. The highest BCUT2D eigenvalue weighted by molar-refractivity contribution is 9.10. The monoisotopic (exact) mass is 315 g/mol. The summed E-state index contributed by atoms with van der Waals surface area (Å²) in [6.07, 6.45) is 1.26. The van der Waals surface area contributed by atoms with Crippen molar-refractivity contribution in [1.82, 2.24) is 9.78 Å². The van der Waals surface area contributed by atoms with Crippen molar-refractivity contribution >= 4 is 26.0 Å². The van der Waals surface area contributed by atoms with Crippen LogP contribution >= 0.6 is 15.9 Å². The van der Waals surface area contributed by atoms with Gasteiger partial charge in [-0.3, -0.25) is 0 Å². The molecule has 90 valence electrons. The van der Waals surface area contributed by atoms with E-state index in [1.165, 1.54) is 10.9 Å². The maximum Gasteiger partial charge on any atom is 0.241 e. The minimum Gasteiger partial charge on any atom is -0.237 e. The number of sulfonamides is 1. The largest absolute Gasteiger partial charge is 0.241 e. The molecule has 0 aliphatic heterocycles. The van der Waals surface area contributed by atoms with Crippen LogP contribution in [0.25, 0.3) is 5.69 Å². The van der Waals surface area contributed by atoms with E-state index >= 15 is 0 Å². The molecule has 2 aromatic rings. The fraction of sp³-hybridized carbons (Fsp3) is 0.100. The number of nitrogens with zero attached hydrogens (tertiary/aromatic N) is 2. The second-order valence-corrected chi connectivity index (χ2v) is 5.97. The van der Waals surface area contributed by atoms with Crippen LogP contribution in [0.5, 0.6) is 0 Å². The summed E-state index contributed by atoms with van der Waals surface area (Å²) < 4.78 is 25.0. The molecule has 0 amide bonds. The van der Waals surface area contributed by atoms with Gasteiger partial charge in [-0.2, -0.15) is 5.10 Å². The Hall–Kier alpha value is -1.18. The molecule has 0 bridgehead atoms. The van der Waals surface area contributed by atoms with Gasteiger partial charge in [-0.15, -0.1) is 0 Å². The van der Waals surface area contributed by atoms with Gasteiger partial charge in [0, 0.05) is 4.47 Å². The standard InChI is InChI=1S/C10H10BrN3O2S/c1-7-10(17(12,15)16)6-13-14(7)9-4-2-8(11)3-5-9/h2-6H,1H3,(H2,12,15,16). The average molecular weight is 316 g/mol. The molecule has 1 aromatic heterocycles. The summed E-state index contributed by atoms with van der Waals surface area (Å²) >= 11 is 3.33.